The first-order chi connectivity index (χ1) is 11.1. The van der Waals surface area contributed by atoms with Crippen LogP contribution < -0.4 is 0 Å². The lowest BCUT2D eigenvalue weighted by Gasteiger charge is -2.02. The number of halogens is 1. The molecule has 1 aromatic carbocycles. The highest BCUT2D eigenvalue weighted by Gasteiger charge is 2.04. The van der Waals surface area contributed by atoms with E-state index in [1.165, 1.54) is 13.2 Å². The highest BCUT2D eigenvalue weighted by Crippen LogP contribution is 2.09. The maximum Gasteiger partial charge on any atom is 0.337 e. The van der Waals surface area contributed by atoms with Crippen molar-refractivity contribution in [3.63, 3.8) is 0 Å². The summed E-state index contributed by atoms with van der Waals surface area (Å²) in [6, 6.07) is 10.0. The molecule has 23 heavy (non-hydrogen) atoms. The topological polar surface area (TPSA) is 65.5 Å². The van der Waals surface area contributed by atoms with Crippen molar-refractivity contribution < 1.29 is 19.1 Å². The molecule has 1 heterocycles. The molecule has 0 saturated heterocycles. The normalized spacial score (nSPS) is 10.5. The van der Waals surface area contributed by atoms with E-state index in [2.05, 4.69) is 9.72 Å². The van der Waals surface area contributed by atoms with Gasteiger partial charge in [-0.05, 0) is 29.8 Å². The number of pyridine rings is 1. The zero-order valence-electron chi connectivity index (χ0n) is 12.4. The second-order valence-corrected chi connectivity index (χ2v) is 4.93. The summed E-state index contributed by atoms with van der Waals surface area (Å²) in [5.74, 6) is -0.881. The summed E-state index contributed by atoms with van der Waals surface area (Å²) < 4.78 is 9.70. The van der Waals surface area contributed by atoms with E-state index in [0.717, 1.165) is 11.1 Å². The molecular formula is C17H14ClNO4. The second kappa shape index (κ2) is 8.10. The summed E-state index contributed by atoms with van der Waals surface area (Å²) in [5.41, 5.74) is 1.96. The van der Waals surface area contributed by atoms with Crippen LogP contribution in [0.1, 0.15) is 21.5 Å². The predicted molar refractivity (Wildman–Crippen MR) is 85.9 cm³/mol. The Bertz CT molecular complexity index is 708. The van der Waals surface area contributed by atoms with E-state index in [1.54, 1.807) is 48.7 Å². The Morgan fingerprint density at radius 3 is 2.52 bits per heavy atom. The number of benzene rings is 1. The Kier molecular flexibility index (Phi) is 5.88. The zero-order valence-corrected chi connectivity index (χ0v) is 13.1. The third kappa shape index (κ3) is 5.23. The number of rotatable bonds is 5. The van der Waals surface area contributed by atoms with Gasteiger partial charge in [-0.25, -0.2) is 14.6 Å². The van der Waals surface area contributed by atoms with Crippen molar-refractivity contribution in [2.45, 2.75) is 6.61 Å². The minimum Gasteiger partial charge on any atom is -0.465 e. The number of carbonyl (C=O) groups excluding carboxylic acids is 2. The Morgan fingerprint density at radius 2 is 1.91 bits per heavy atom. The first kappa shape index (κ1) is 16.7. The van der Waals surface area contributed by atoms with Crippen LogP contribution >= 0.6 is 11.6 Å². The van der Waals surface area contributed by atoms with E-state index in [-0.39, 0.29) is 6.61 Å². The van der Waals surface area contributed by atoms with Crippen LogP contribution in [0.5, 0.6) is 0 Å². The van der Waals surface area contributed by atoms with Gasteiger partial charge in [-0.15, -0.1) is 0 Å². The molecular weight excluding hydrogens is 318 g/mol. The minimum atomic E-state index is -0.475. The molecule has 2 rings (SSSR count). The van der Waals surface area contributed by atoms with Gasteiger partial charge in [0.05, 0.1) is 12.7 Å². The minimum absolute atomic E-state index is 0.120. The lowest BCUT2D eigenvalue weighted by atomic mass is 10.1. The average Bonchev–Trinajstić information content (AvgIpc) is 2.59. The number of carbonyl (C=O) groups is 2. The van der Waals surface area contributed by atoms with Gasteiger partial charge in [0.25, 0.3) is 0 Å². The smallest absolute Gasteiger partial charge is 0.337 e. The number of ether oxygens (including phenoxy) is 2. The van der Waals surface area contributed by atoms with E-state index in [9.17, 15) is 9.59 Å². The number of methoxy groups -OCH3 is 1. The molecule has 6 heteroatoms. The van der Waals surface area contributed by atoms with Crippen LogP contribution in [0.2, 0.25) is 5.15 Å². The van der Waals surface area contributed by atoms with Crippen LogP contribution in [0.4, 0.5) is 0 Å². The van der Waals surface area contributed by atoms with Crippen LogP contribution in [0.3, 0.4) is 0 Å². The van der Waals surface area contributed by atoms with Crippen LogP contribution in [-0.2, 0) is 20.9 Å². The first-order valence-electron chi connectivity index (χ1n) is 6.72. The molecule has 1 aromatic heterocycles. The average molecular weight is 332 g/mol. The van der Waals surface area contributed by atoms with Crippen molar-refractivity contribution >= 4 is 29.6 Å². The summed E-state index contributed by atoms with van der Waals surface area (Å²) in [7, 11) is 1.32. The number of aromatic nitrogens is 1. The van der Waals surface area contributed by atoms with Gasteiger partial charge in [0.2, 0.25) is 0 Å². The summed E-state index contributed by atoms with van der Waals surface area (Å²) in [5, 5.41) is 0.385. The molecule has 118 valence electrons. The van der Waals surface area contributed by atoms with E-state index in [1.807, 2.05) is 0 Å². The van der Waals surface area contributed by atoms with Gasteiger partial charge in [-0.1, -0.05) is 29.8 Å². The van der Waals surface area contributed by atoms with Crippen LogP contribution in [-0.4, -0.2) is 24.0 Å². The highest BCUT2D eigenvalue weighted by atomic mass is 35.5. The highest BCUT2D eigenvalue weighted by molar-refractivity contribution is 6.29. The van der Waals surface area contributed by atoms with Crippen molar-refractivity contribution in [3.05, 3.63) is 70.5 Å². The van der Waals surface area contributed by atoms with Crippen LogP contribution in [0.25, 0.3) is 6.08 Å². The summed E-state index contributed by atoms with van der Waals surface area (Å²) in [4.78, 5) is 26.9. The van der Waals surface area contributed by atoms with Crippen LogP contribution in [0, 0.1) is 0 Å². The van der Waals surface area contributed by atoms with Crippen molar-refractivity contribution in [1.29, 1.82) is 0 Å². The van der Waals surface area contributed by atoms with Crippen molar-refractivity contribution in [3.8, 4) is 0 Å². The lowest BCUT2D eigenvalue weighted by Crippen LogP contribution is -2.01. The molecule has 0 saturated carbocycles. The summed E-state index contributed by atoms with van der Waals surface area (Å²) in [6.07, 6.45) is 4.46. The standard InChI is InChI=1S/C17H14ClNO4/c1-22-17(21)14-6-2-12(3-7-14)5-9-16(20)23-11-13-4-8-15(18)19-10-13/h2-10H,11H2,1H3/b9-5+. The van der Waals surface area contributed by atoms with Crippen molar-refractivity contribution in [2.24, 2.45) is 0 Å². The number of nitrogens with zero attached hydrogens (tertiary/aromatic N) is 1. The lowest BCUT2D eigenvalue weighted by molar-refractivity contribution is -0.138. The quantitative estimate of drug-likeness (QED) is 0.478. The molecule has 5 nitrogen and oxygen atoms in total. The maximum atomic E-state index is 11.6. The van der Waals surface area contributed by atoms with E-state index in [4.69, 9.17) is 16.3 Å². The fourth-order valence-corrected chi connectivity index (χ4v) is 1.82. The Morgan fingerprint density at radius 1 is 1.17 bits per heavy atom. The van der Waals surface area contributed by atoms with Gasteiger partial charge in [-0.2, -0.15) is 0 Å². The predicted octanol–water partition coefficient (Wildman–Crippen LogP) is 3.28. The molecule has 0 unspecified atom stereocenters. The third-order valence-electron chi connectivity index (χ3n) is 2.91. The molecule has 0 fully saturated rings. The van der Waals surface area contributed by atoms with E-state index >= 15 is 0 Å². The summed E-state index contributed by atoms with van der Waals surface area (Å²) in [6.45, 7) is 0.120. The van der Waals surface area contributed by atoms with Gasteiger partial charge >= 0.3 is 11.9 Å². The first-order valence-corrected chi connectivity index (χ1v) is 7.10. The Hall–Kier alpha value is -2.66. The molecule has 0 aliphatic heterocycles. The van der Waals surface area contributed by atoms with Gasteiger partial charge in [0, 0.05) is 17.8 Å². The maximum absolute atomic E-state index is 11.6. The SMILES string of the molecule is COC(=O)c1ccc(/C=C/C(=O)OCc2ccc(Cl)nc2)cc1. The molecule has 0 atom stereocenters. The molecule has 0 spiro atoms. The molecule has 0 bridgehead atoms. The van der Waals surface area contributed by atoms with Gasteiger partial charge in [0.1, 0.15) is 11.8 Å². The fraction of sp³-hybridized carbons (Fsp3) is 0.118. The summed E-state index contributed by atoms with van der Waals surface area (Å²) >= 11 is 5.67. The van der Waals surface area contributed by atoms with Crippen LogP contribution in [0.15, 0.2) is 48.7 Å². The van der Waals surface area contributed by atoms with Gasteiger partial charge < -0.3 is 9.47 Å². The molecule has 0 N–H and O–H groups in total. The van der Waals surface area contributed by atoms with E-state index < -0.39 is 11.9 Å². The number of hydrogen-bond donors (Lipinski definition) is 0. The molecule has 0 aliphatic carbocycles. The second-order valence-electron chi connectivity index (χ2n) is 4.54. The molecule has 0 radical (unpaired) electrons. The van der Waals surface area contributed by atoms with Crippen molar-refractivity contribution in [1.82, 2.24) is 4.98 Å². The monoisotopic (exact) mass is 331 g/mol. The Labute approximate surface area is 138 Å². The number of esters is 2. The molecule has 0 aliphatic rings. The zero-order chi connectivity index (χ0) is 16.7. The van der Waals surface area contributed by atoms with Crippen molar-refractivity contribution in [2.75, 3.05) is 7.11 Å². The molecule has 0 amide bonds. The molecule has 2 aromatic rings. The fourth-order valence-electron chi connectivity index (χ4n) is 1.71. The van der Waals surface area contributed by atoms with Gasteiger partial charge in [-0.3, -0.25) is 0 Å². The largest absolute Gasteiger partial charge is 0.465 e. The number of hydrogen-bond acceptors (Lipinski definition) is 5. The van der Waals surface area contributed by atoms with Gasteiger partial charge in [0.15, 0.2) is 0 Å². The Balaban J connectivity index is 1.88. The van der Waals surface area contributed by atoms with E-state index in [0.29, 0.717) is 10.7 Å². The third-order valence-corrected chi connectivity index (χ3v) is 3.14.